The Labute approximate surface area is 298 Å². The van der Waals surface area contributed by atoms with Crippen LogP contribution in [0.3, 0.4) is 0 Å². The maximum Gasteiger partial charge on any atom is 0.407 e. The van der Waals surface area contributed by atoms with Crippen LogP contribution in [-0.2, 0) is 16.0 Å². The number of carbonyl (C=O) groups is 2. The molecule has 1 aromatic carbocycles. The third kappa shape index (κ3) is 6.10. The minimum absolute atomic E-state index is 0.0184. The summed E-state index contributed by atoms with van der Waals surface area (Å²) in [5.41, 5.74) is 3.42. The first-order chi connectivity index (χ1) is 24.0. The topological polar surface area (TPSA) is 98.2 Å². The third-order valence-electron chi connectivity index (χ3n) is 11.2. The molecule has 3 atom stereocenters. The van der Waals surface area contributed by atoms with Crippen LogP contribution in [0, 0.1) is 18.8 Å². The molecule has 4 fully saturated rings. The number of aryl methyl sites for hydroxylation is 1. The average molecular weight is 700 g/mol. The first-order valence-corrected chi connectivity index (χ1v) is 19.0. The van der Waals surface area contributed by atoms with Gasteiger partial charge in [0, 0.05) is 54.3 Å². The lowest BCUT2D eigenvalue weighted by molar-refractivity contribution is 0.0485. The number of carbonyl (C=O) groups excluding carboxylic acids is 2. The molecule has 5 heterocycles. The van der Waals surface area contributed by atoms with Gasteiger partial charge in [-0.2, -0.15) is 0 Å². The van der Waals surface area contributed by atoms with Crippen molar-refractivity contribution < 1.29 is 23.8 Å². The van der Waals surface area contributed by atoms with Crippen molar-refractivity contribution in [3.05, 3.63) is 41.5 Å². The molecule has 2 unspecified atom stereocenters. The number of hydrogen-bond donors (Lipinski definition) is 1. The lowest BCUT2D eigenvalue weighted by Gasteiger charge is -2.32. The van der Waals surface area contributed by atoms with Gasteiger partial charge in [0.1, 0.15) is 22.8 Å². The predicted molar refractivity (Wildman–Crippen MR) is 198 cm³/mol. The summed E-state index contributed by atoms with van der Waals surface area (Å²) >= 11 is 1.72. The highest BCUT2D eigenvalue weighted by Crippen LogP contribution is 2.46. The normalized spacial score (nSPS) is 22.6. The lowest BCUT2D eigenvalue weighted by atomic mass is 10.0. The van der Waals surface area contributed by atoms with E-state index < -0.39 is 11.7 Å². The maximum atomic E-state index is 14.2. The number of nitrogens with zero attached hydrogens (tertiary/aromatic N) is 4. The van der Waals surface area contributed by atoms with E-state index in [0.717, 1.165) is 77.8 Å². The van der Waals surface area contributed by atoms with Crippen molar-refractivity contribution in [1.82, 2.24) is 19.8 Å². The van der Waals surface area contributed by atoms with Crippen LogP contribution in [0.25, 0.3) is 31.7 Å². The van der Waals surface area contributed by atoms with E-state index in [1.807, 2.05) is 37.8 Å². The molecule has 0 radical (unpaired) electrons. The van der Waals surface area contributed by atoms with Crippen molar-refractivity contribution in [3.63, 3.8) is 0 Å². The van der Waals surface area contributed by atoms with Crippen molar-refractivity contribution in [1.29, 1.82) is 0 Å². The molecule has 50 heavy (non-hydrogen) atoms. The Kier molecular flexibility index (Phi) is 8.49. The van der Waals surface area contributed by atoms with Gasteiger partial charge in [0.25, 0.3) is 5.91 Å². The van der Waals surface area contributed by atoms with Crippen LogP contribution in [0.4, 0.5) is 10.6 Å². The highest BCUT2D eigenvalue weighted by molar-refractivity contribution is 7.22. The molecule has 4 aliphatic rings. The number of likely N-dealkylation sites (tertiary alicyclic amines) is 1. The number of rotatable bonds is 8. The maximum absolute atomic E-state index is 14.2. The summed E-state index contributed by atoms with van der Waals surface area (Å²) in [4.78, 5) is 37.6. The summed E-state index contributed by atoms with van der Waals surface area (Å²) in [6.45, 7) is 11.2. The van der Waals surface area contributed by atoms with Gasteiger partial charge in [-0.1, -0.05) is 0 Å². The summed E-state index contributed by atoms with van der Waals surface area (Å²) in [6.07, 6.45) is 6.29. The molecule has 2 amide bonds. The van der Waals surface area contributed by atoms with Crippen molar-refractivity contribution in [3.8, 4) is 16.3 Å². The van der Waals surface area contributed by atoms with Crippen molar-refractivity contribution >= 4 is 50.3 Å². The summed E-state index contributed by atoms with van der Waals surface area (Å²) in [6, 6.07) is 10.5. The number of benzene rings is 1. The van der Waals surface area contributed by atoms with Crippen molar-refractivity contribution in [2.45, 2.75) is 96.6 Å². The zero-order valence-corrected chi connectivity index (χ0v) is 30.9. The Morgan fingerprint density at radius 1 is 1.02 bits per heavy atom. The molecule has 8 rings (SSSR count). The molecule has 2 aliphatic carbocycles. The third-order valence-corrected chi connectivity index (χ3v) is 12.5. The van der Waals surface area contributed by atoms with E-state index in [4.69, 9.17) is 19.2 Å². The number of pyridine rings is 1. The van der Waals surface area contributed by atoms with Crippen LogP contribution in [-0.4, -0.2) is 84.1 Å². The number of hydrogen-bond acceptors (Lipinski definition) is 8. The van der Waals surface area contributed by atoms with Crippen LogP contribution in [0.15, 0.2) is 30.3 Å². The fraction of sp³-hybridized carbons (Fsp3) is 0.564. The molecule has 11 heteroatoms. The standard InChI is InChI=1S/C39H49N5O5S/c1-22-33-30(48-6)18-26(37(45)44-21-25-9-11-28(44)34(25)41-38(46)49-39(2,3)4)19-31(33)50-35(22)29-17-24-10-12-32(42-15-13-27(47-5)14-16-42)40-36(24)43(29)20-23-7-8-23/h10,12,17-19,23,25,27-28,34H,7-9,11,13-16,20-21H2,1-6H3,(H,41,46)/t25?,28?,34-/m1/s1. The van der Waals surface area contributed by atoms with Gasteiger partial charge in [0.05, 0.1) is 35.9 Å². The van der Waals surface area contributed by atoms with Gasteiger partial charge < -0.3 is 33.9 Å². The smallest absolute Gasteiger partial charge is 0.407 e. The highest BCUT2D eigenvalue weighted by Gasteiger charge is 2.50. The van der Waals surface area contributed by atoms with Gasteiger partial charge in [-0.3, -0.25) is 4.79 Å². The van der Waals surface area contributed by atoms with Crippen molar-refractivity contribution in [2.75, 3.05) is 38.8 Å². The predicted octanol–water partition coefficient (Wildman–Crippen LogP) is 7.39. The number of methoxy groups -OCH3 is 2. The molecule has 10 nitrogen and oxygen atoms in total. The zero-order chi connectivity index (χ0) is 34.9. The van der Waals surface area contributed by atoms with Crippen molar-refractivity contribution in [2.24, 2.45) is 11.8 Å². The second-order valence-electron chi connectivity index (χ2n) is 15.7. The number of anilines is 1. The van der Waals surface area contributed by atoms with Crippen LogP contribution in [0.2, 0.25) is 0 Å². The highest BCUT2D eigenvalue weighted by atomic mass is 32.1. The monoisotopic (exact) mass is 699 g/mol. The Balaban J connectivity index is 1.11. The SMILES string of the molecule is COc1cc(C(=O)N2CC3CCC2[C@@H]3NC(=O)OC(C)(C)C)cc2sc(-c3cc4ccc(N5CCC(OC)CC5)nc4n3CC3CC3)c(C)c12. The Morgan fingerprint density at radius 3 is 2.50 bits per heavy atom. The Hall–Kier alpha value is -3.83. The number of aromatic nitrogens is 2. The number of amides is 2. The van der Waals surface area contributed by atoms with Crippen LogP contribution in [0.1, 0.15) is 75.2 Å². The fourth-order valence-corrected chi connectivity index (χ4v) is 9.76. The number of thiophene rings is 1. The number of piperidine rings is 2. The number of fused-ring (bicyclic) bond motifs is 4. The zero-order valence-electron chi connectivity index (χ0n) is 30.1. The van der Waals surface area contributed by atoms with Gasteiger partial charge >= 0.3 is 6.09 Å². The van der Waals surface area contributed by atoms with Gasteiger partial charge in [-0.25, -0.2) is 9.78 Å². The van der Waals surface area contributed by atoms with Gasteiger partial charge in [-0.05, 0) is 114 Å². The van der Waals surface area contributed by atoms with Crippen LogP contribution in [0.5, 0.6) is 5.75 Å². The molecular formula is C39H49N5O5S. The second-order valence-corrected chi connectivity index (χ2v) is 16.8. The summed E-state index contributed by atoms with van der Waals surface area (Å²) in [5.74, 6) is 2.62. The largest absolute Gasteiger partial charge is 0.496 e. The Morgan fingerprint density at radius 2 is 1.80 bits per heavy atom. The molecule has 2 bridgehead atoms. The van der Waals surface area contributed by atoms with Crippen LogP contribution < -0.4 is 15.0 Å². The molecule has 0 spiro atoms. The lowest BCUT2D eigenvalue weighted by Crippen LogP contribution is -2.46. The molecule has 1 N–H and O–H groups in total. The summed E-state index contributed by atoms with van der Waals surface area (Å²) in [5, 5.41) is 5.28. The van der Waals surface area contributed by atoms with E-state index in [-0.39, 0.29) is 23.9 Å². The van der Waals surface area contributed by atoms with Gasteiger partial charge in [-0.15, -0.1) is 11.3 Å². The first-order valence-electron chi connectivity index (χ1n) is 18.2. The number of alkyl carbamates (subject to hydrolysis) is 1. The quantitative estimate of drug-likeness (QED) is 0.205. The van der Waals surface area contributed by atoms with Gasteiger partial charge in [0.2, 0.25) is 0 Å². The molecule has 2 aliphatic heterocycles. The van der Waals surface area contributed by atoms with E-state index in [1.54, 1.807) is 25.6 Å². The first kappa shape index (κ1) is 33.3. The van der Waals surface area contributed by atoms with E-state index in [2.05, 4.69) is 39.9 Å². The molecule has 4 aromatic rings. The van der Waals surface area contributed by atoms with Gasteiger partial charge in [0.15, 0.2) is 0 Å². The molecule has 266 valence electrons. The molecule has 3 aromatic heterocycles. The van der Waals surface area contributed by atoms with Crippen LogP contribution >= 0.6 is 11.3 Å². The summed E-state index contributed by atoms with van der Waals surface area (Å²) < 4.78 is 20.6. The van der Waals surface area contributed by atoms with E-state index >= 15 is 0 Å². The second kappa shape index (κ2) is 12.7. The van der Waals surface area contributed by atoms with E-state index in [9.17, 15) is 9.59 Å². The minimum Gasteiger partial charge on any atom is -0.496 e. The average Bonchev–Trinajstić information content (AvgIpc) is 3.45. The summed E-state index contributed by atoms with van der Waals surface area (Å²) in [7, 11) is 3.49. The number of ether oxygens (including phenoxy) is 3. The molecular weight excluding hydrogens is 651 g/mol. The minimum atomic E-state index is -0.575. The fourth-order valence-electron chi connectivity index (χ4n) is 8.47. The number of nitrogens with one attached hydrogen (secondary N) is 1. The van der Waals surface area contributed by atoms with E-state index in [1.165, 1.54) is 23.4 Å². The molecule has 2 saturated heterocycles. The van der Waals surface area contributed by atoms with E-state index in [0.29, 0.717) is 29.9 Å². The Bertz CT molecular complexity index is 1950. The molecule has 2 saturated carbocycles.